The second-order valence-corrected chi connectivity index (χ2v) is 6.58. The average Bonchev–Trinajstić information content (AvgIpc) is 3.23. The highest BCUT2D eigenvalue weighted by Gasteiger charge is 2.15. The van der Waals surface area contributed by atoms with Crippen molar-refractivity contribution in [1.82, 2.24) is 20.1 Å². The van der Waals surface area contributed by atoms with Crippen LogP contribution in [-0.2, 0) is 7.05 Å². The van der Waals surface area contributed by atoms with Gasteiger partial charge in [-0.05, 0) is 50.1 Å². The summed E-state index contributed by atoms with van der Waals surface area (Å²) in [7, 11) is 1.94. The molecule has 3 aromatic rings. The largest absolute Gasteiger partial charge is 0.491 e. The van der Waals surface area contributed by atoms with E-state index in [-0.39, 0.29) is 11.9 Å². The van der Waals surface area contributed by atoms with Crippen molar-refractivity contribution in [2.45, 2.75) is 26.8 Å². The fourth-order valence-corrected chi connectivity index (χ4v) is 2.87. The third kappa shape index (κ3) is 3.79. The Bertz CT molecular complexity index is 890. The standard InChI is InChI=1S/C20H24N4O2/c1-13-7-5-8-14(2)19(13)26-12-15(3)21-20(25)17-11-16(22-23-17)18-9-6-10-24(18)4/h5-11,15H,12H2,1-4H3,(H,21,25)(H,22,23). The molecule has 0 spiro atoms. The van der Waals surface area contributed by atoms with Crippen LogP contribution in [0.15, 0.2) is 42.6 Å². The van der Waals surface area contributed by atoms with E-state index in [4.69, 9.17) is 4.74 Å². The normalized spacial score (nSPS) is 12.0. The van der Waals surface area contributed by atoms with E-state index in [1.165, 1.54) is 0 Å². The van der Waals surface area contributed by atoms with Crippen LogP contribution in [-0.4, -0.2) is 33.3 Å². The maximum absolute atomic E-state index is 12.4. The molecule has 0 bridgehead atoms. The number of para-hydroxylation sites is 1. The Balaban J connectivity index is 1.60. The molecule has 2 N–H and O–H groups in total. The quantitative estimate of drug-likeness (QED) is 0.715. The van der Waals surface area contributed by atoms with Gasteiger partial charge in [0.05, 0.1) is 11.7 Å². The smallest absolute Gasteiger partial charge is 0.269 e. The number of hydrogen-bond donors (Lipinski definition) is 2. The first kappa shape index (κ1) is 17.8. The maximum atomic E-state index is 12.4. The van der Waals surface area contributed by atoms with Gasteiger partial charge in [0.15, 0.2) is 0 Å². The van der Waals surface area contributed by atoms with Gasteiger partial charge in [-0.15, -0.1) is 0 Å². The molecule has 1 aromatic carbocycles. The molecule has 0 saturated carbocycles. The van der Waals surface area contributed by atoms with Crippen molar-refractivity contribution in [3.05, 3.63) is 59.4 Å². The Kier molecular flexibility index (Phi) is 5.11. The molecule has 1 amide bonds. The number of amides is 1. The highest BCUT2D eigenvalue weighted by molar-refractivity contribution is 5.93. The molecule has 0 aliphatic rings. The summed E-state index contributed by atoms with van der Waals surface area (Å²) in [5.74, 6) is 0.677. The summed E-state index contributed by atoms with van der Waals surface area (Å²) < 4.78 is 7.86. The highest BCUT2D eigenvalue weighted by atomic mass is 16.5. The van der Waals surface area contributed by atoms with E-state index in [1.807, 2.05) is 68.9 Å². The zero-order valence-electron chi connectivity index (χ0n) is 15.5. The summed E-state index contributed by atoms with van der Waals surface area (Å²) in [5.41, 5.74) is 4.29. The third-order valence-electron chi connectivity index (χ3n) is 4.29. The lowest BCUT2D eigenvalue weighted by molar-refractivity contribution is 0.0921. The van der Waals surface area contributed by atoms with Gasteiger partial charge in [-0.25, -0.2) is 0 Å². The van der Waals surface area contributed by atoms with Gasteiger partial charge < -0.3 is 14.6 Å². The Hall–Kier alpha value is -3.02. The topological polar surface area (TPSA) is 71.9 Å². The van der Waals surface area contributed by atoms with Crippen LogP contribution in [0.2, 0.25) is 0 Å². The lowest BCUT2D eigenvalue weighted by atomic mass is 10.1. The van der Waals surface area contributed by atoms with Gasteiger partial charge in [0.25, 0.3) is 5.91 Å². The van der Waals surface area contributed by atoms with Crippen molar-refractivity contribution in [2.75, 3.05) is 6.61 Å². The molecule has 2 aromatic heterocycles. The second kappa shape index (κ2) is 7.47. The van der Waals surface area contributed by atoms with Crippen molar-refractivity contribution in [3.8, 4) is 17.1 Å². The number of nitrogens with zero attached hydrogens (tertiary/aromatic N) is 2. The first-order chi connectivity index (χ1) is 12.5. The predicted octanol–water partition coefficient (Wildman–Crippen LogP) is 3.23. The Morgan fingerprint density at radius 3 is 2.65 bits per heavy atom. The fourth-order valence-electron chi connectivity index (χ4n) is 2.87. The van der Waals surface area contributed by atoms with Crippen LogP contribution in [0.1, 0.15) is 28.5 Å². The zero-order chi connectivity index (χ0) is 18.7. The molecule has 6 heteroatoms. The van der Waals surface area contributed by atoms with Crippen LogP contribution in [0, 0.1) is 13.8 Å². The number of rotatable bonds is 6. The van der Waals surface area contributed by atoms with Crippen molar-refractivity contribution in [3.63, 3.8) is 0 Å². The SMILES string of the molecule is Cc1cccc(C)c1OCC(C)NC(=O)c1cc(-c2cccn2C)n[nH]1. The van der Waals surface area contributed by atoms with E-state index in [1.54, 1.807) is 6.07 Å². The Morgan fingerprint density at radius 2 is 2.00 bits per heavy atom. The molecule has 136 valence electrons. The highest BCUT2D eigenvalue weighted by Crippen LogP contribution is 2.22. The third-order valence-corrected chi connectivity index (χ3v) is 4.29. The van der Waals surface area contributed by atoms with Gasteiger partial charge in [0, 0.05) is 13.2 Å². The molecule has 26 heavy (non-hydrogen) atoms. The number of aromatic nitrogens is 3. The number of H-pyrrole nitrogens is 1. The number of ether oxygens (including phenoxy) is 1. The molecular weight excluding hydrogens is 328 g/mol. The van der Waals surface area contributed by atoms with E-state index in [2.05, 4.69) is 15.5 Å². The maximum Gasteiger partial charge on any atom is 0.269 e. The van der Waals surface area contributed by atoms with E-state index in [0.29, 0.717) is 12.3 Å². The van der Waals surface area contributed by atoms with Gasteiger partial charge >= 0.3 is 0 Å². The van der Waals surface area contributed by atoms with Gasteiger partial charge in [-0.3, -0.25) is 9.89 Å². The van der Waals surface area contributed by atoms with Gasteiger partial charge in [-0.2, -0.15) is 5.10 Å². The number of hydrogen-bond acceptors (Lipinski definition) is 3. The molecule has 1 atom stereocenters. The average molecular weight is 352 g/mol. The minimum atomic E-state index is -0.199. The van der Waals surface area contributed by atoms with Crippen molar-refractivity contribution in [2.24, 2.45) is 7.05 Å². The van der Waals surface area contributed by atoms with E-state index >= 15 is 0 Å². The minimum Gasteiger partial charge on any atom is -0.491 e. The molecule has 0 fully saturated rings. The first-order valence-corrected chi connectivity index (χ1v) is 8.62. The van der Waals surface area contributed by atoms with Crippen LogP contribution in [0.25, 0.3) is 11.4 Å². The number of aromatic amines is 1. The number of carbonyl (C=O) groups excluding carboxylic acids is 1. The fraction of sp³-hybridized carbons (Fsp3) is 0.300. The van der Waals surface area contributed by atoms with Crippen LogP contribution in [0.3, 0.4) is 0 Å². The van der Waals surface area contributed by atoms with Gasteiger partial charge in [0.1, 0.15) is 23.7 Å². The summed E-state index contributed by atoms with van der Waals surface area (Å²) in [6.07, 6.45) is 1.94. The number of nitrogens with one attached hydrogen (secondary N) is 2. The molecule has 3 rings (SSSR count). The number of benzene rings is 1. The van der Waals surface area contributed by atoms with Crippen LogP contribution in [0.5, 0.6) is 5.75 Å². The first-order valence-electron chi connectivity index (χ1n) is 8.62. The van der Waals surface area contributed by atoms with E-state index in [0.717, 1.165) is 28.3 Å². The molecule has 0 radical (unpaired) electrons. The summed E-state index contributed by atoms with van der Waals surface area (Å²) in [6.45, 7) is 6.35. The Labute approximate surface area is 153 Å². The number of aryl methyl sites for hydroxylation is 3. The monoisotopic (exact) mass is 352 g/mol. The van der Waals surface area contributed by atoms with E-state index in [9.17, 15) is 4.79 Å². The molecule has 0 aliphatic carbocycles. The van der Waals surface area contributed by atoms with Crippen molar-refractivity contribution >= 4 is 5.91 Å². The zero-order valence-corrected chi connectivity index (χ0v) is 15.5. The summed E-state index contributed by atoms with van der Waals surface area (Å²) >= 11 is 0. The van der Waals surface area contributed by atoms with Gasteiger partial charge in [0.2, 0.25) is 0 Å². The predicted molar refractivity (Wildman–Crippen MR) is 101 cm³/mol. The molecule has 1 unspecified atom stereocenters. The second-order valence-electron chi connectivity index (χ2n) is 6.58. The molecule has 0 aliphatic heterocycles. The molecule has 6 nitrogen and oxygen atoms in total. The van der Waals surface area contributed by atoms with Crippen LogP contribution < -0.4 is 10.1 Å². The lowest BCUT2D eigenvalue weighted by Gasteiger charge is -2.17. The minimum absolute atomic E-state index is 0.136. The van der Waals surface area contributed by atoms with Crippen molar-refractivity contribution in [1.29, 1.82) is 0 Å². The van der Waals surface area contributed by atoms with Gasteiger partial charge in [-0.1, -0.05) is 18.2 Å². The number of carbonyl (C=O) groups is 1. The summed E-state index contributed by atoms with van der Waals surface area (Å²) in [6, 6.07) is 11.6. The Morgan fingerprint density at radius 1 is 1.27 bits per heavy atom. The summed E-state index contributed by atoms with van der Waals surface area (Å²) in [5, 5.41) is 9.97. The van der Waals surface area contributed by atoms with E-state index < -0.39 is 0 Å². The lowest BCUT2D eigenvalue weighted by Crippen LogP contribution is -2.37. The molecular formula is C20H24N4O2. The molecule has 2 heterocycles. The van der Waals surface area contributed by atoms with Crippen LogP contribution >= 0.6 is 0 Å². The van der Waals surface area contributed by atoms with Crippen LogP contribution in [0.4, 0.5) is 0 Å². The van der Waals surface area contributed by atoms with Crippen molar-refractivity contribution < 1.29 is 9.53 Å². The molecule has 0 saturated heterocycles. The summed E-state index contributed by atoms with van der Waals surface area (Å²) in [4.78, 5) is 12.4.